The molecule has 0 N–H and O–H groups in total. The number of amides is 1. The fraction of sp³-hybridized carbons (Fsp3) is 0.320. The van der Waals surface area contributed by atoms with Crippen LogP contribution in [0.1, 0.15) is 39.4 Å². The molecule has 3 aromatic rings. The average Bonchev–Trinajstić information content (AvgIpc) is 3.17. The minimum Gasteiger partial charge on any atom is -0.493 e. The summed E-state index contributed by atoms with van der Waals surface area (Å²) in [5, 5.41) is 3.93. The number of nitrogens with zero attached hydrogens (tertiary/aromatic N) is 2. The third kappa shape index (κ3) is 6.12. The normalized spacial score (nSPS) is 10.5. The predicted octanol–water partition coefficient (Wildman–Crippen LogP) is 4.08. The lowest BCUT2D eigenvalue weighted by molar-refractivity contribution is -0.140. The quantitative estimate of drug-likeness (QED) is 0.428. The Morgan fingerprint density at radius 2 is 1.79 bits per heavy atom. The summed E-state index contributed by atoms with van der Waals surface area (Å²) in [6.45, 7) is 4.54. The molecule has 0 atom stereocenters. The van der Waals surface area contributed by atoms with E-state index in [0.29, 0.717) is 29.4 Å². The lowest BCUT2D eigenvalue weighted by atomic mass is 10.1. The molecule has 0 aliphatic heterocycles. The van der Waals surface area contributed by atoms with Gasteiger partial charge in [-0.05, 0) is 37.6 Å². The van der Waals surface area contributed by atoms with Crippen molar-refractivity contribution >= 4 is 11.9 Å². The van der Waals surface area contributed by atoms with Gasteiger partial charge in [-0.1, -0.05) is 35.5 Å². The van der Waals surface area contributed by atoms with Gasteiger partial charge in [0.05, 0.1) is 31.9 Å². The van der Waals surface area contributed by atoms with Crippen LogP contribution >= 0.6 is 0 Å². The van der Waals surface area contributed by atoms with Crippen LogP contribution in [0.3, 0.4) is 0 Å². The van der Waals surface area contributed by atoms with Crippen molar-refractivity contribution in [1.29, 1.82) is 0 Å². The second kappa shape index (κ2) is 11.2. The molecule has 0 unspecified atom stereocenters. The maximum atomic E-state index is 13.3. The lowest BCUT2D eigenvalue weighted by Crippen LogP contribution is -2.32. The zero-order valence-corrected chi connectivity index (χ0v) is 19.3. The van der Waals surface area contributed by atoms with Gasteiger partial charge in [0, 0.05) is 18.7 Å². The molecule has 0 fully saturated rings. The summed E-state index contributed by atoms with van der Waals surface area (Å²) >= 11 is 0. The van der Waals surface area contributed by atoms with Crippen LogP contribution in [0.2, 0.25) is 0 Å². The third-order valence-electron chi connectivity index (χ3n) is 5.28. The standard InChI is InChI=1S/C25H28N2O6/c1-17-21(18(2)33-26-17)16-32-22-11-10-20(14-23(22)30-3)25(29)27(13-12-24(28)31-4)15-19-8-6-5-7-9-19/h5-11,14H,12-13,15-16H2,1-4H3. The summed E-state index contributed by atoms with van der Waals surface area (Å²) in [6.07, 6.45) is 0.102. The van der Waals surface area contributed by atoms with Crippen LogP contribution in [0.4, 0.5) is 0 Å². The molecule has 0 bridgehead atoms. The summed E-state index contributed by atoms with van der Waals surface area (Å²) in [5.41, 5.74) is 3.02. The van der Waals surface area contributed by atoms with Gasteiger partial charge in [0.1, 0.15) is 12.4 Å². The Morgan fingerprint density at radius 3 is 2.42 bits per heavy atom. The summed E-state index contributed by atoms with van der Waals surface area (Å²) < 4.78 is 21.3. The maximum absolute atomic E-state index is 13.3. The number of hydrogen-bond acceptors (Lipinski definition) is 7. The molecule has 0 aliphatic carbocycles. The van der Waals surface area contributed by atoms with E-state index in [4.69, 9.17) is 18.7 Å². The molecule has 0 radical (unpaired) electrons. The fourth-order valence-electron chi connectivity index (χ4n) is 3.34. The fourth-order valence-corrected chi connectivity index (χ4v) is 3.34. The van der Waals surface area contributed by atoms with Crippen molar-refractivity contribution in [3.8, 4) is 11.5 Å². The highest BCUT2D eigenvalue weighted by atomic mass is 16.5. The van der Waals surface area contributed by atoms with E-state index in [-0.39, 0.29) is 31.4 Å². The van der Waals surface area contributed by atoms with Crippen LogP contribution in [0.25, 0.3) is 0 Å². The van der Waals surface area contributed by atoms with Crippen LogP contribution in [-0.4, -0.2) is 42.7 Å². The van der Waals surface area contributed by atoms with E-state index in [1.54, 1.807) is 23.1 Å². The first-order valence-electron chi connectivity index (χ1n) is 10.6. The van der Waals surface area contributed by atoms with Gasteiger partial charge in [0.15, 0.2) is 11.5 Å². The molecule has 0 aliphatic rings. The first kappa shape index (κ1) is 23.8. The highest BCUT2D eigenvalue weighted by Crippen LogP contribution is 2.30. The number of rotatable bonds is 10. The van der Waals surface area contributed by atoms with Crippen LogP contribution < -0.4 is 9.47 Å². The summed E-state index contributed by atoms with van der Waals surface area (Å²) in [4.78, 5) is 26.6. The Morgan fingerprint density at radius 1 is 1.03 bits per heavy atom. The van der Waals surface area contributed by atoms with Crippen molar-refractivity contribution in [3.63, 3.8) is 0 Å². The van der Waals surface area contributed by atoms with E-state index >= 15 is 0 Å². The van der Waals surface area contributed by atoms with Gasteiger partial charge < -0.3 is 23.6 Å². The van der Waals surface area contributed by atoms with Crippen molar-refractivity contribution in [3.05, 3.63) is 76.7 Å². The van der Waals surface area contributed by atoms with E-state index in [0.717, 1.165) is 16.8 Å². The number of carbonyl (C=O) groups is 2. The van der Waals surface area contributed by atoms with Crippen LogP contribution in [-0.2, 0) is 22.7 Å². The highest BCUT2D eigenvalue weighted by molar-refractivity contribution is 5.95. The summed E-state index contributed by atoms with van der Waals surface area (Å²) in [7, 11) is 2.85. The number of esters is 1. The second-order valence-electron chi connectivity index (χ2n) is 7.50. The van der Waals surface area contributed by atoms with E-state index in [9.17, 15) is 9.59 Å². The van der Waals surface area contributed by atoms with E-state index in [1.807, 2.05) is 44.2 Å². The van der Waals surface area contributed by atoms with Crippen LogP contribution in [0.5, 0.6) is 11.5 Å². The summed E-state index contributed by atoms with van der Waals surface area (Å²) in [5.74, 6) is 1.03. The van der Waals surface area contributed by atoms with Crippen LogP contribution in [0.15, 0.2) is 53.1 Å². The Bertz CT molecular complexity index is 1070. The molecule has 174 valence electrons. The smallest absolute Gasteiger partial charge is 0.307 e. The Kier molecular flexibility index (Phi) is 8.07. The molecule has 1 heterocycles. The largest absolute Gasteiger partial charge is 0.493 e. The zero-order valence-electron chi connectivity index (χ0n) is 19.3. The van der Waals surface area contributed by atoms with Crippen LogP contribution in [0, 0.1) is 13.8 Å². The molecule has 0 saturated heterocycles. The molecule has 33 heavy (non-hydrogen) atoms. The minimum absolute atomic E-state index is 0.102. The Hall–Kier alpha value is -3.81. The molecular formula is C25H28N2O6. The first-order valence-corrected chi connectivity index (χ1v) is 10.6. The number of benzene rings is 2. The van der Waals surface area contributed by atoms with Crippen molar-refractivity contribution < 1.29 is 28.3 Å². The topological polar surface area (TPSA) is 91.1 Å². The number of carbonyl (C=O) groups excluding carboxylic acids is 2. The Balaban J connectivity index is 1.79. The van der Waals surface area contributed by atoms with Crippen molar-refractivity contribution in [2.24, 2.45) is 0 Å². The van der Waals surface area contributed by atoms with Gasteiger partial charge in [-0.2, -0.15) is 0 Å². The summed E-state index contributed by atoms with van der Waals surface area (Å²) in [6, 6.07) is 14.6. The molecule has 8 heteroatoms. The van der Waals surface area contributed by atoms with Gasteiger partial charge >= 0.3 is 5.97 Å². The monoisotopic (exact) mass is 452 g/mol. The van der Waals surface area contributed by atoms with Crippen molar-refractivity contribution in [2.75, 3.05) is 20.8 Å². The molecule has 0 spiro atoms. The van der Waals surface area contributed by atoms with Crippen molar-refractivity contribution in [2.45, 2.75) is 33.4 Å². The van der Waals surface area contributed by atoms with Gasteiger partial charge in [0.2, 0.25) is 0 Å². The molecule has 3 rings (SSSR count). The maximum Gasteiger partial charge on any atom is 0.307 e. The Labute approximate surface area is 193 Å². The van der Waals surface area contributed by atoms with Crippen molar-refractivity contribution in [1.82, 2.24) is 10.1 Å². The average molecular weight is 453 g/mol. The minimum atomic E-state index is -0.374. The molecule has 1 amide bonds. The number of methoxy groups -OCH3 is 2. The molecule has 8 nitrogen and oxygen atoms in total. The zero-order chi connectivity index (χ0) is 23.8. The van der Waals surface area contributed by atoms with E-state index in [2.05, 4.69) is 5.16 Å². The third-order valence-corrected chi connectivity index (χ3v) is 5.28. The SMILES string of the molecule is COC(=O)CCN(Cc1ccccc1)C(=O)c1ccc(OCc2c(C)noc2C)c(OC)c1. The van der Waals surface area contributed by atoms with E-state index in [1.165, 1.54) is 14.2 Å². The number of aryl methyl sites for hydroxylation is 2. The van der Waals surface area contributed by atoms with Gasteiger partial charge in [-0.3, -0.25) is 9.59 Å². The predicted molar refractivity (Wildman–Crippen MR) is 121 cm³/mol. The number of ether oxygens (including phenoxy) is 3. The second-order valence-corrected chi connectivity index (χ2v) is 7.50. The van der Waals surface area contributed by atoms with Gasteiger partial charge in [0.25, 0.3) is 5.91 Å². The molecule has 1 aromatic heterocycles. The molecule has 0 saturated carbocycles. The van der Waals surface area contributed by atoms with E-state index < -0.39 is 0 Å². The number of aromatic nitrogens is 1. The van der Waals surface area contributed by atoms with Gasteiger partial charge in [-0.25, -0.2) is 0 Å². The van der Waals surface area contributed by atoms with Gasteiger partial charge in [-0.15, -0.1) is 0 Å². The molecular weight excluding hydrogens is 424 g/mol. The first-order chi connectivity index (χ1) is 15.9. The molecule has 2 aromatic carbocycles. The lowest BCUT2D eigenvalue weighted by Gasteiger charge is -2.23. The highest BCUT2D eigenvalue weighted by Gasteiger charge is 2.20. The number of hydrogen-bond donors (Lipinski definition) is 0.